The SMILES string of the molecule is CC.Cc1cc2ncncc2cc1Nc1ncc2c(n1)n(C1CCS(C)(O)C1)c(=O)n2C.Cc1cc2ncncc2cc1Nc1ncc2c(n1)n(C1CCS(C)(O)CC1)c(=O)n2C. The number of fused-ring (bicyclic) bond motifs is 4. The zero-order chi connectivity index (χ0) is 44.8. The summed E-state index contributed by atoms with van der Waals surface area (Å²) in [6, 6.07) is 7.90. The first kappa shape index (κ1) is 43.7. The molecule has 10 rings (SSSR count). The van der Waals surface area contributed by atoms with Crippen LogP contribution < -0.4 is 22.0 Å². The van der Waals surface area contributed by atoms with Crippen LogP contribution in [-0.4, -0.2) is 103 Å². The van der Waals surface area contributed by atoms with E-state index in [0.717, 1.165) is 80.8 Å². The summed E-state index contributed by atoms with van der Waals surface area (Å²) < 4.78 is 27.5. The van der Waals surface area contributed by atoms with Gasteiger partial charge in [0.2, 0.25) is 11.9 Å². The maximum atomic E-state index is 13.0. The fourth-order valence-corrected chi connectivity index (χ4v) is 12.1. The number of hydrogen-bond donors (Lipinski definition) is 4. The van der Waals surface area contributed by atoms with Gasteiger partial charge in [0.05, 0.1) is 29.5 Å². The van der Waals surface area contributed by atoms with E-state index < -0.39 is 20.6 Å². The normalized spacial score (nSPS) is 23.0. The van der Waals surface area contributed by atoms with Gasteiger partial charge < -0.3 is 19.7 Å². The molecule has 0 aliphatic carbocycles. The highest BCUT2D eigenvalue weighted by Crippen LogP contribution is 2.50. The summed E-state index contributed by atoms with van der Waals surface area (Å²) in [4.78, 5) is 60.9. The van der Waals surface area contributed by atoms with Gasteiger partial charge in [0.25, 0.3) is 0 Å². The fourth-order valence-electron chi connectivity index (χ4n) is 8.29. The number of nitrogens with zero attached hydrogens (tertiary/aromatic N) is 12. The van der Waals surface area contributed by atoms with Crippen molar-refractivity contribution in [3.05, 3.63) is 93.8 Å². The highest BCUT2D eigenvalue weighted by atomic mass is 32.3. The Labute approximate surface area is 367 Å². The predicted molar refractivity (Wildman–Crippen MR) is 256 cm³/mol. The first-order valence-corrected chi connectivity index (χ1v) is 25.6. The molecule has 8 heterocycles. The van der Waals surface area contributed by atoms with Crippen molar-refractivity contribution in [3.8, 4) is 0 Å². The molecule has 4 N–H and O–H groups in total. The Hall–Kier alpha value is -5.96. The molecule has 0 amide bonds. The average Bonchev–Trinajstić information content (AvgIpc) is 3.84. The maximum Gasteiger partial charge on any atom is 0.330 e. The molecule has 0 spiro atoms. The molecule has 2 saturated heterocycles. The summed E-state index contributed by atoms with van der Waals surface area (Å²) in [6.45, 7) is 7.99. The maximum absolute atomic E-state index is 13.0. The first-order valence-electron chi connectivity index (χ1n) is 20.9. The standard InChI is InChI=1S/C21H25N7O2S.C20H23N7O2S.C2H6/c1-13-8-17-14(10-22-12-24-17)9-16(13)25-20-23-11-18-19(26-20)28(21(29)27(18)2)15-4-6-31(3,30)7-5-15;1-12-6-16-13(8-21-11-23-16)7-15(12)24-19-22-9-17-18(25-19)27(20(28)26(17)2)14-4-5-30(3,29)10-14;1-2/h8-12,15,30H,4-7H2,1-3H3,(H,23,25,26);6-9,11,14,29H,4-5,10H2,1-3H3,(H,22,24,25);1-2H3. The summed E-state index contributed by atoms with van der Waals surface area (Å²) in [5.74, 6) is 3.69. The highest BCUT2D eigenvalue weighted by Gasteiger charge is 2.33. The molecule has 2 fully saturated rings. The summed E-state index contributed by atoms with van der Waals surface area (Å²) >= 11 is 0. The molecule has 0 saturated carbocycles. The van der Waals surface area contributed by atoms with E-state index in [2.05, 4.69) is 45.5 Å². The number of aromatic nitrogens is 12. The molecule has 20 heteroatoms. The van der Waals surface area contributed by atoms with Gasteiger partial charge in [0, 0.05) is 77.7 Å². The Morgan fingerprint density at radius 3 is 1.49 bits per heavy atom. The number of nitrogens with one attached hydrogen (secondary N) is 2. The average molecular weight is 895 g/mol. The molecule has 2 atom stereocenters. The van der Waals surface area contributed by atoms with Crippen molar-refractivity contribution in [2.45, 2.75) is 59.0 Å². The molecule has 2 aliphatic heterocycles. The zero-order valence-electron chi connectivity index (χ0n) is 36.8. The minimum Gasteiger partial charge on any atom is -0.352 e. The Bertz CT molecular complexity index is 3110. The lowest BCUT2D eigenvalue weighted by molar-refractivity contribution is 0.444. The van der Waals surface area contributed by atoms with Crippen molar-refractivity contribution in [1.82, 2.24) is 58.1 Å². The van der Waals surface area contributed by atoms with Gasteiger partial charge in [-0.2, -0.15) is 9.97 Å². The molecule has 63 heavy (non-hydrogen) atoms. The van der Waals surface area contributed by atoms with Crippen molar-refractivity contribution < 1.29 is 9.11 Å². The first-order chi connectivity index (χ1) is 30.1. The van der Waals surface area contributed by atoms with Crippen LogP contribution in [0.5, 0.6) is 0 Å². The Balaban J connectivity index is 0.000000166. The molecular formula is C43H54N14O4S2. The monoisotopic (exact) mass is 894 g/mol. The van der Waals surface area contributed by atoms with Gasteiger partial charge in [0.15, 0.2) is 11.3 Å². The van der Waals surface area contributed by atoms with Crippen molar-refractivity contribution in [3.63, 3.8) is 0 Å². The molecule has 8 aromatic rings. The molecule has 2 aliphatic rings. The molecule has 18 nitrogen and oxygen atoms in total. The second kappa shape index (κ2) is 17.3. The largest absolute Gasteiger partial charge is 0.352 e. The lowest BCUT2D eigenvalue weighted by Gasteiger charge is -2.37. The van der Waals surface area contributed by atoms with Crippen LogP contribution >= 0.6 is 20.6 Å². The second-order valence-corrected chi connectivity index (χ2v) is 22.8. The van der Waals surface area contributed by atoms with Crippen LogP contribution in [0.1, 0.15) is 56.3 Å². The molecule has 2 aromatic carbocycles. The summed E-state index contributed by atoms with van der Waals surface area (Å²) in [5, 5.41) is 8.40. The Kier molecular flexibility index (Phi) is 12.0. The van der Waals surface area contributed by atoms with E-state index in [4.69, 9.17) is 4.98 Å². The number of rotatable bonds is 6. The summed E-state index contributed by atoms with van der Waals surface area (Å²) in [5.41, 5.74) is 7.84. The second-order valence-electron chi connectivity index (χ2n) is 16.4. The third kappa shape index (κ3) is 8.71. The third-order valence-corrected chi connectivity index (χ3v) is 16.3. The fraction of sp³-hybridized carbons (Fsp3) is 0.395. The number of benzene rings is 2. The van der Waals surface area contributed by atoms with E-state index in [1.165, 1.54) is 12.7 Å². The molecule has 2 unspecified atom stereocenters. The Morgan fingerprint density at radius 2 is 1.05 bits per heavy atom. The van der Waals surface area contributed by atoms with Crippen molar-refractivity contribution >= 4 is 88.0 Å². The minimum atomic E-state index is -1.64. The molecule has 0 bridgehead atoms. The summed E-state index contributed by atoms with van der Waals surface area (Å²) in [7, 11) is 0.296. The lowest BCUT2D eigenvalue weighted by atomic mass is 10.1. The predicted octanol–water partition coefficient (Wildman–Crippen LogP) is 7.37. The van der Waals surface area contributed by atoms with Gasteiger partial charge in [-0.1, -0.05) is 13.8 Å². The third-order valence-electron chi connectivity index (χ3n) is 11.8. The topological polar surface area (TPSA) is 222 Å². The van der Waals surface area contributed by atoms with E-state index >= 15 is 0 Å². The smallest absolute Gasteiger partial charge is 0.330 e. The van der Waals surface area contributed by atoms with Crippen LogP contribution in [0.25, 0.3) is 44.1 Å². The van der Waals surface area contributed by atoms with E-state index in [-0.39, 0.29) is 23.5 Å². The van der Waals surface area contributed by atoms with Crippen LogP contribution in [0.15, 0.2) is 71.3 Å². The van der Waals surface area contributed by atoms with E-state index in [9.17, 15) is 18.7 Å². The van der Waals surface area contributed by atoms with Crippen LogP contribution in [0, 0.1) is 13.8 Å². The van der Waals surface area contributed by atoms with Crippen LogP contribution in [0.4, 0.5) is 23.3 Å². The number of imidazole rings is 2. The van der Waals surface area contributed by atoms with E-state index in [1.807, 2.05) is 64.5 Å². The summed E-state index contributed by atoms with van der Waals surface area (Å²) in [6.07, 6.45) is 16.1. The van der Waals surface area contributed by atoms with Crippen LogP contribution in [-0.2, 0) is 14.1 Å². The van der Waals surface area contributed by atoms with Gasteiger partial charge in [-0.15, -0.1) is 20.6 Å². The molecule has 6 aromatic heterocycles. The van der Waals surface area contributed by atoms with Gasteiger partial charge in [-0.05, 0) is 81.0 Å². The van der Waals surface area contributed by atoms with Crippen molar-refractivity contribution in [2.24, 2.45) is 14.1 Å². The van der Waals surface area contributed by atoms with Crippen molar-refractivity contribution in [1.29, 1.82) is 0 Å². The lowest BCUT2D eigenvalue weighted by Crippen LogP contribution is -2.31. The minimum absolute atomic E-state index is 0.0335. The van der Waals surface area contributed by atoms with Gasteiger partial charge in [-0.3, -0.25) is 18.3 Å². The van der Waals surface area contributed by atoms with Crippen LogP contribution in [0.3, 0.4) is 0 Å². The number of aryl methyl sites for hydroxylation is 4. The van der Waals surface area contributed by atoms with Crippen LogP contribution in [0.2, 0.25) is 0 Å². The molecule has 332 valence electrons. The van der Waals surface area contributed by atoms with E-state index in [1.54, 1.807) is 57.2 Å². The molecular weight excluding hydrogens is 841 g/mol. The van der Waals surface area contributed by atoms with Gasteiger partial charge >= 0.3 is 11.4 Å². The molecule has 0 radical (unpaired) electrons. The number of hydrogen-bond acceptors (Lipinski definition) is 14. The zero-order valence-corrected chi connectivity index (χ0v) is 38.4. The Morgan fingerprint density at radius 1 is 0.619 bits per heavy atom. The van der Waals surface area contributed by atoms with E-state index in [0.29, 0.717) is 40.0 Å². The van der Waals surface area contributed by atoms with Gasteiger partial charge in [0.1, 0.15) is 23.7 Å². The van der Waals surface area contributed by atoms with Gasteiger partial charge in [-0.25, -0.2) is 39.5 Å². The van der Waals surface area contributed by atoms with Crippen molar-refractivity contribution in [2.75, 3.05) is 46.2 Å². The quantitative estimate of drug-likeness (QED) is 0.128. The highest BCUT2D eigenvalue weighted by molar-refractivity contribution is 8.28. The number of anilines is 4.